The summed E-state index contributed by atoms with van der Waals surface area (Å²) < 4.78 is 7.31. The Morgan fingerprint density at radius 2 is 1.59 bits per heavy atom. The molecule has 1 aliphatic heterocycles. The highest BCUT2D eigenvalue weighted by molar-refractivity contribution is 5.95. The Balaban J connectivity index is 1.53. The summed E-state index contributed by atoms with van der Waals surface area (Å²) in [5.41, 5.74) is 6.44. The minimum Gasteiger partial charge on any atom is -0.462 e. The number of hydrogen-bond donors (Lipinski definition) is 2. The van der Waals surface area contributed by atoms with Gasteiger partial charge in [0.1, 0.15) is 0 Å². The summed E-state index contributed by atoms with van der Waals surface area (Å²) in [6.07, 6.45) is 0.718. The molecule has 0 bridgehead atoms. The van der Waals surface area contributed by atoms with Gasteiger partial charge in [0.25, 0.3) is 0 Å². The lowest BCUT2D eigenvalue weighted by atomic mass is 9.95. The Hall–Kier alpha value is -4.65. The van der Waals surface area contributed by atoms with Crippen molar-refractivity contribution in [2.24, 2.45) is 0 Å². The van der Waals surface area contributed by atoms with Crippen LogP contribution in [-0.4, -0.2) is 28.4 Å². The first-order valence-corrected chi connectivity index (χ1v) is 12.3. The van der Waals surface area contributed by atoms with Gasteiger partial charge < -0.3 is 15.4 Å². The van der Waals surface area contributed by atoms with Gasteiger partial charge in [-0.05, 0) is 37.1 Å². The SMILES string of the molecule is CCCOC(=O)C1=C(C)NC(=O)NC1c1ccc(-n2nc(-c3ccccc3)cc2-c2ccccc2)cc1. The Kier molecular flexibility index (Phi) is 6.85. The normalized spacial score (nSPS) is 15.2. The van der Waals surface area contributed by atoms with Crippen LogP contribution in [0.2, 0.25) is 0 Å². The number of carbonyl (C=O) groups is 2. The number of ether oxygens (including phenoxy) is 1. The van der Waals surface area contributed by atoms with Gasteiger partial charge in [0.15, 0.2) is 0 Å². The summed E-state index contributed by atoms with van der Waals surface area (Å²) in [5, 5.41) is 10.5. The first-order chi connectivity index (χ1) is 18.0. The number of amides is 2. The van der Waals surface area contributed by atoms with Crippen LogP contribution < -0.4 is 10.6 Å². The van der Waals surface area contributed by atoms with Crippen LogP contribution in [0.5, 0.6) is 0 Å². The van der Waals surface area contributed by atoms with E-state index in [9.17, 15) is 9.59 Å². The van der Waals surface area contributed by atoms with E-state index in [4.69, 9.17) is 9.84 Å². The number of esters is 1. The molecular weight excluding hydrogens is 464 g/mol. The molecule has 0 saturated heterocycles. The van der Waals surface area contributed by atoms with Crippen LogP contribution in [-0.2, 0) is 9.53 Å². The predicted octanol–water partition coefficient (Wildman–Crippen LogP) is 5.79. The summed E-state index contributed by atoms with van der Waals surface area (Å²) in [7, 11) is 0. The molecule has 2 heterocycles. The zero-order valence-electron chi connectivity index (χ0n) is 20.8. The minimum absolute atomic E-state index is 0.320. The van der Waals surface area contributed by atoms with Gasteiger partial charge >= 0.3 is 12.0 Å². The third-order valence-corrected chi connectivity index (χ3v) is 6.25. The number of carbonyl (C=O) groups excluding carboxylic acids is 2. The molecule has 0 spiro atoms. The van der Waals surface area contributed by atoms with Crippen molar-refractivity contribution in [1.29, 1.82) is 0 Å². The minimum atomic E-state index is -0.613. The lowest BCUT2D eigenvalue weighted by Crippen LogP contribution is -2.45. The number of allylic oxidation sites excluding steroid dienone is 1. The summed E-state index contributed by atoms with van der Waals surface area (Å²) >= 11 is 0. The number of urea groups is 1. The molecular formula is C30H28N4O3. The molecule has 37 heavy (non-hydrogen) atoms. The number of nitrogens with one attached hydrogen (secondary N) is 2. The number of nitrogens with zero attached hydrogens (tertiary/aromatic N) is 2. The molecule has 2 amide bonds. The quantitative estimate of drug-likeness (QED) is 0.320. The summed E-state index contributed by atoms with van der Waals surface area (Å²) in [5.74, 6) is -0.438. The summed E-state index contributed by atoms with van der Waals surface area (Å²) in [4.78, 5) is 25.0. The van der Waals surface area contributed by atoms with Crippen molar-refractivity contribution < 1.29 is 14.3 Å². The van der Waals surface area contributed by atoms with Crippen LogP contribution in [0.1, 0.15) is 31.9 Å². The molecule has 0 radical (unpaired) electrons. The standard InChI is InChI=1S/C30H28N4O3/c1-3-18-37-29(35)27-20(2)31-30(36)32-28(27)23-14-16-24(17-15-23)34-26(22-12-8-5-9-13-22)19-25(33-34)21-10-6-4-7-11-21/h4-17,19,28H,3,18H2,1-2H3,(H2,31,32,36). The average molecular weight is 493 g/mol. The predicted molar refractivity (Wildman–Crippen MR) is 143 cm³/mol. The fourth-order valence-electron chi connectivity index (χ4n) is 4.44. The fourth-order valence-corrected chi connectivity index (χ4v) is 4.44. The lowest BCUT2D eigenvalue weighted by Gasteiger charge is -2.28. The van der Waals surface area contributed by atoms with Crippen molar-refractivity contribution >= 4 is 12.0 Å². The van der Waals surface area contributed by atoms with Gasteiger partial charge in [-0.25, -0.2) is 14.3 Å². The van der Waals surface area contributed by atoms with Crippen LogP contribution in [0, 0.1) is 0 Å². The Labute approximate surface area is 215 Å². The first kappa shape index (κ1) is 24.1. The van der Waals surface area contributed by atoms with Crippen LogP contribution in [0.4, 0.5) is 4.79 Å². The maximum atomic E-state index is 12.8. The largest absolute Gasteiger partial charge is 0.462 e. The third-order valence-electron chi connectivity index (χ3n) is 6.25. The second-order valence-corrected chi connectivity index (χ2v) is 8.86. The number of rotatable bonds is 7. The van der Waals surface area contributed by atoms with Gasteiger partial charge in [-0.1, -0.05) is 79.7 Å². The molecule has 1 unspecified atom stereocenters. The zero-order chi connectivity index (χ0) is 25.8. The molecule has 7 heteroatoms. The van der Waals surface area contributed by atoms with Gasteiger partial charge in [0, 0.05) is 16.8 Å². The zero-order valence-corrected chi connectivity index (χ0v) is 20.8. The van der Waals surface area contributed by atoms with Gasteiger partial charge in [-0.2, -0.15) is 5.10 Å². The van der Waals surface area contributed by atoms with Crippen molar-refractivity contribution in [3.8, 4) is 28.2 Å². The fraction of sp³-hybridized carbons (Fsp3) is 0.167. The van der Waals surface area contributed by atoms with Crippen LogP contribution >= 0.6 is 0 Å². The number of benzene rings is 3. The van der Waals surface area contributed by atoms with Crippen LogP contribution in [0.15, 0.2) is 102 Å². The molecule has 0 saturated carbocycles. The summed E-state index contributed by atoms with van der Waals surface area (Å²) in [6.45, 7) is 3.97. The van der Waals surface area contributed by atoms with Crippen LogP contribution in [0.3, 0.4) is 0 Å². The van der Waals surface area contributed by atoms with E-state index < -0.39 is 12.0 Å². The molecule has 1 atom stereocenters. The maximum Gasteiger partial charge on any atom is 0.338 e. The molecule has 3 aromatic carbocycles. The van der Waals surface area contributed by atoms with E-state index in [-0.39, 0.29) is 6.03 Å². The second-order valence-electron chi connectivity index (χ2n) is 8.86. The van der Waals surface area contributed by atoms with E-state index in [0.717, 1.165) is 40.2 Å². The van der Waals surface area contributed by atoms with E-state index >= 15 is 0 Å². The highest BCUT2D eigenvalue weighted by atomic mass is 16.5. The molecule has 1 aliphatic rings. The molecule has 5 rings (SSSR count). The van der Waals surface area contributed by atoms with Gasteiger partial charge in [-0.15, -0.1) is 0 Å². The molecule has 4 aromatic rings. The monoisotopic (exact) mass is 492 g/mol. The van der Waals surface area contributed by atoms with E-state index in [0.29, 0.717) is 17.9 Å². The topological polar surface area (TPSA) is 85.2 Å². The van der Waals surface area contributed by atoms with Gasteiger partial charge in [0.05, 0.1) is 35.3 Å². The molecule has 0 aliphatic carbocycles. The molecule has 7 nitrogen and oxygen atoms in total. The Morgan fingerprint density at radius 3 is 2.24 bits per heavy atom. The van der Waals surface area contributed by atoms with Gasteiger partial charge in [-0.3, -0.25) is 0 Å². The second kappa shape index (κ2) is 10.5. The van der Waals surface area contributed by atoms with E-state index in [1.54, 1.807) is 6.92 Å². The van der Waals surface area contributed by atoms with Crippen molar-refractivity contribution in [2.75, 3.05) is 6.61 Å². The highest BCUT2D eigenvalue weighted by Gasteiger charge is 2.32. The maximum absolute atomic E-state index is 12.8. The smallest absolute Gasteiger partial charge is 0.338 e. The van der Waals surface area contributed by atoms with E-state index in [1.807, 2.05) is 84.4 Å². The molecule has 2 N–H and O–H groups in total. The molecule has 1 aromatic heterocycles. The van der Waals surface area contributed by atoms with Gasteiger partial charge in [0.2, 0.25) is 0 Å². The van der Waals surface area contributed by atoms with Crippen LogP contribution in [0.25, 0.3) is 28.2 Å². The lowest BCUT2D eigenvalue weighted by molar-refractivity contribution is -0.139. The Bertz CT molecular complexity index is 1440. The van der Waals surface area contributed by atoms with Crippen molar-refractivity contribution in [3.05, 3.63) is 108 Å². The van der Waals surface area contributed by atoms with E-state index in [1.165, 1.54) is 0 Å². The molecule has 186 valence electrons. The molecule has 0 fully saturated rings. The first-order valence-electron chi connectivity index (χ1n) is 12.3. The van der Waals surface area contributed by atoms with Crippen molar-refractivity contribution in [3.63, 3.8) is 0 Å². The van der Waals surface area contributed by atoms with Crippen molar-refractivity contribution in [2.45, 2.75) is 26.3 Å². The highest BCUT2D eigenvalue weighted by Crippen LogP contribution is 2.31. The average Bonchev–Trinajstić information content (AvgIpc) is 3.38. The third kappa shape index (κ3) is 5.02. The van der Waals surface area contributed by atoms with E-state index in [2.05, 4.69) is 28.8 Å². The number of hydrogen-bond acceptors (Lipinski definition) is 4. The summed E-state index contributed by atoms with van der Waals surface area (Å²) in [6, 6.07) is 29.0. The number of aromatic nitrogens is 2. The van der Waals surface area contributed by atoms with Crippen molar-refractivity contribution in [1.82, 2.24) is 20.4 Å². The Morgan fingerprint density at radius 1 is 0.946 bits per heavy atom.